The van der Waals surface area contributed by atoms with Crippen molar-refractivity contribution >= 4 is 12.3 Å². The van der Waals surface area contributed by atoms with Gasteiger partial charge in [-0.05, 0) is 20.3 Å². The molecule has 1 atom stereocenters. The van der Waals surface area contributed by atoms with Crippen LogP contribution < -0.4 is 5.73 Å². The maximum absolute atomic E-state index is 12.2. The molecule has 1 unspecified atom stereocenters. The van der Waals surface area contributed by atoms with E-state index in [4.69, 9.17) is 5.73 Å². The average molecular weight is 226 g/mol. The number of hydrogen-bond donors (Lipinski definition) is 1. The minimum atomic E-state index is -0.681. The van der Waals surface area contributed by atoms with Gasteiger partial charge in [0, 0.05) is 19.6 Å². The molecule has 2 fully saturated rings. The first-order valence-electron chi connectivity index (χ1n) is 5.55. The zero-order chi connectivity index (χ0) is 11.9. The highest BCUT2D eigenvalue weighted by Crippen LogP contribution is 2.25. The summed E-state index contributed by atoms with van der Waals surface area (Å²) in [6.45, 7) is 5.73. The summed E-state index contributed by atoms with van der Waals surface area (Å²) >= 11 is 0. The number of rotatable bonds is 2. The van der Waals surface area contributed by atoms with Crippen LogP contribution in [0.3, 0.4) is 0 Å². The quantitative estimate of drug-likeness (QED) is 0.651. The summed E-state index contributed by atoms with van der Waals surface area (Å²) in [4.78, 5) is 24.7. The third-order valence-electron chi connectivity index (χ3n) is 3.16. The summed E-state index contributed by atoms with van der Waals surface area (Å²) in [5.41, 5.74) is 5.26. The van der Waals surface area contributed by atoms with Gasteiger partial charge in [-0.15, -0.1) is 0 Å². The molecule has 0 saturated carbocycles. The molecule has 2 saturated heterocycles. The molecule has 6 heteroatoms. The van der Waals surface area contributed by atoms with Crippen LogP contribution in [0.2, 0.25) is 0 Å². The SMILES string of the molecule is CC(C)(N)N1CCN2CCC(C=O)N2C1=O. The molecule has 2 heterocycles. The summed E-state index contributed by atoms with van der Waals surface area (Å²) in [6, 6.07) is -0.481. The molecule has 0 spiro atoms. The molecule has 90 valence electrons. The molecule has 6 nitrogen and oxygen atoms in total. The summed E-state index contributed by atoms with van der Waals surface area (Å²) in [5.74, 6) is 0. The van der Waals surface area contributed by atoms with Crippen molar-refractivity contribution in [2.45, 2.75) is 32.0 Å². The second-order valence-corrected chi connectivity index (χ2v) is 4.88. The summed E-state index contributed by atoms with van der Waals surface area (Å²) < 4.78 is 0. The molecule has 2 N–H and O–H groups in total. The molecule has 0 aromatic rings. The third-order valence-corrected chi connectivity index (χ3v) is 3.16. The van der Waals surface area contributed by atoms with E-state index in [1.165, 1.54) is 0 Å². The number of nitrogens with two attached hydrogens (primary N) is 1. The van der Waals surface area contributed by atoms with Gasteiger partial charge in [-0.2, -0.15) is 0 Å². The summed E-state index contributed by atoms with van der Waals surface area (Å²) in [6.07, 6.45) is 1.55. The van der Waals surface area contributed by atoms with E-state index < -0.39 is 5.66 Å². The van der Waals surface area contributed by atoms with E-state index in [9.17, 15) is 9.59 Å². The van der Waals surface area contributed by atoms with Crippen molar-refractivity contribution in [3.8, 4) is 0 Å². The van der Waals surface area contributed by atoms with Gasteiger partial charge in [0.25, 0.3) is 0 Å². The van der Waals surface area contributed by atoms with Crippen molar-refractivity contribution in [3.05, 3.63) is 0 Å². The highest BCUT2D eigenvalue weighted by Gasteiger charge is 2.44. The second-order valence-electron chi connectivity index (χ2n) is 4.88. The first kappa shape index (κ1) is 11.3. The molecule has 0 aromatic heterocycles. The Morgan fingerprint density at radius 3 is 2.62 bits per heavy atom. The van der Waals surface area contributed by atoms with Crippen molar-refractivity contribution in [2.24, 2.45) is 5.73 Å². The van der Waals surface area contributed by atoms with Gasteiger partial charge in [0.15, 0.2) is 0 Å². The van der Waals surface area contributed by atoms with Crippen LogP contribution in [0.15, 0.2) is 0 Å². The summed E-state index contributed by atoms with van der Waals surface area (Å²) in [5, 5.41) is 3.48. The predicted octanol–water partition coefficient (Wildman–Crippen LogP) is -0.393. The Balaban J connectivity index is 2.21. The minimum absolute atomic E-state index is 0.159. The molecule has 2 rings (SSSR count). The number of urea groups is 1. The largest absolute Gasteiger partial charge is 0.336 e. The smallest absolute Gasteiger partial charge is 0.309 e. The Morgan fingerprint density at radius 2 is 2.06 bits per heavy atom. The third kappa shape index (κ3) is 1.68. The van der Waals surface area contributed by atoms with Gasteiger partial charge >= 0.3 is 6.03 Å². The molecule has 2 aliphatic heterocycles. The molecular formula is C10H18N4O2. The minimum Gasteiger partial charge on any atom is -0.309 e. The molecular weight excluding hydrogens is 208 g/mol. The van der Waals surface area contributed by atoms with Crippen LogP contribution in [0, 0.1) is 0 Å². The van der Waals surface area contributed by atoms with Crippen LogP contribution >= 0.6 is 0 Å². The monoisotopic (exact) mass is 226 g/mol. The molecule has 0 radical (unpaired) electrons. The van der Waals surface area contributed by atoms with Gasteiger partial charge in [0.2, 0.25) is 0 Å². The zero-order valence-electron chi connectivity index (χ0n) is 9.72. The molecule has 2 aliphatic rings. The molecule has 0 bridgehead atoms. The standard InChI is InChI=1S/C10H18N4O2/c1-10(2,11)13-6-5-12-4-3-8(7-15)14(12)9(13)16/h7-8H,3-6,11H2,1-2H3. The molecule has 0 aromatic carbocycles. The fourth-order valence-corrected chi connectivity index (χ4v) is 2.30. The number of aldehydes is 1. The number of hydrogen-bond acceptors (Lipinski definition) is 4. The highest BCUT2D eigenvalue weighted by molar-refractivity contribution is 5.79. The van der Waals surface area contributed by atoms with Crippen molar-refractivity contribution in [3.63, 3.8) is 0 Å². The van der Waals surface area contributed by atoms with Gasteiger partial charge in [-0.1, -0.05) is 0 Å². The average Bonchev–Trinajstić information content (AvgIpc) is 2.60. The number of nitrogens with zero attached hydrogens (tertiary/aromatic N) is 3. The second kappa shape index (κ2) is 3.71. The number of carbonyl (C=O) groups excluding carboxylic acids is 2. The first-order chi connectivity index (χ1) is 7.45. The van der Waals surface area contributed by atoms with Crippen LogP contribution in [0.4, 0.5) is 4.79 Å². The Kier molecular flexibility index (Phi) is 2.63. The van der Waals surface area contributed by atoms with Crippen LogP contribution in [0.1, 0.15) is 20.3 Å². The van der Waals surface area contributed by atoms with Gasteiger partial charge < -0.3 is 15.4 Å². The maximum atomic E-state index is 12.2. The topological polar surface area (TPSA) is 69.9 Å². The maximum Gasteiger partial charge on any atom is 0.336 e. The van der Waals surface area contributed by atoms with E-state index in [1.807, 2.05) is 5.01 Å². The lowest BCUT2D eigenvalue weighted by molar-refractivity contribution is -0.115. The van der Waals surface area contributed by atoms with Crippen molar-refractivity contribution in [1.29, 1.82) is 0 Å². The van der Waals surface area contributed by atoms with Crippen molar-refractivity contribution in [2.75, 3.05) is 19.6 Å². The van der Waals surface area contributed by atoms with E-state index in [2.05, 4.69) is 0 Å². The van der Waals surface area contributed by atoms with E-state index in [0.717, 1.165) is 19.4 Å². The normalized spacial score (nSPS) is 27.2. The van der Waals surface area contributed by atoms with E-state index in [1.54, 1.807) is 23.8 Å². The van der Waals surface area contributed by atoms with Gasteiger partial charge in [0.1, 0.15) is 12.3 Å². The van der Waals surface area contributed by atoms with E-state index in [0.29, 0.717) is 13.0 Å². The van der Waals surface area contributed by atoms with Crippen LogP contribution in [-0.2, 0) is 4.79 Å². The number of hydrazine groups is 1. The van der Waals surface area contributed by atoms with Crippen molar-refractivity contribution in [1.82, 2.24) is 14.9 Å². The lowest BCUT2D eigenvalue weighted by Gasteiger charge is -2.46. The lowest BCUT2D eigenvalue weighted by Crippen LogP contribution is -2.66. The van der Waals surface area contributed by atoms with Crippen molar-refractivity contribution < 1.29 is 9.59 Å². The predicted molar refractivity (Wildman–Crippen MR) is 58.2 cm³/mol. The highest BCUT2D eigenvalue weighted by atomic mass is 16.2. The van der Waals surface area contributed by atoms with Crippen LogP contribution in [-0.4, -0.2) is 58.6 Å². The van der Waals surface area contributed by atoms with Gasteiger partial charge in [0.05, 0.1) is 5.66 Å². The fourth-order valence-electron chi connectivity index (χ4n) is 2.30. The molecule has 16 heavy (non-hydrogen) atoms. The number of amides is 2. The zero-order valence-corrected chi connectivity index (χ0v) is 9.72. The Hall–Kier alpha value is -1.14. The Morgan fingerprint density at radius 1 is 1.38 bits per heavy atom. The number of fused-ring (bicyclic) bond motifs is 1. The first-order valence-corrected chi connectivity index (χ1v) is 5.55. The summed E-state index contributed by atoms with van der Waals surface area (Å²) in [7, 11) is 0. The molecule has 2 amide bonds. The fraction of sp³-hybridized carbons (Fsp3) is 0.800. The van der Waals surface area contributed by atoms with Gasteiger partial charge in [-0.25, -0.2) is 14.8 Å². The van der Waals surface area contributed by atoms with E-state index in [-0.39, 0.29) is 12.1 Å². The number of carbonyl (C=O) groups is 2. The van der Waals surface area contributed by atoms with E-state index >= 15 is 0 Å². The van der Waals surface area contributed by atoms with Gasteiger partial charge in [-0.3, -0.25) is 0 Å². The molecule has 0 aliphatic carbocycles. The van der Waals surface area contributed by atoms with Crippen LogP contribution in [0.25, 0.3) is 0 Å². The van der Waals surface area contributed by atoms with Crippen LogP contribution in [0.5, 0.6) is 0 Å². The lowest BCUT2D eigenvalue weighted by atomic mass is 10.2. The Bertz CT molecular complexity index is 312. The Labute approximate surface area is 94.9 Å².